The molecule has 22 heavy (non-hydrogen) atoms. The van der Waals surface area contributed by atoms with E-state index in [2.05, 4.69) is 0 Å². The van der Waals surface area contributed by atoms with Crippen LogP contribution in [0.4, 0.5) is 0 Å². The molecular formula is C17H26N2O3. The molecule has 4 bridgehead atoms. The van der Waals surface area contributed by atoms with E-state index in [1.54, 1.807) is 4.90 Å². The Balaban J connectivity index is 1.42. The molecule has 5 nitrogen and oxygen atoms in total. The number of amides is 2. The molecule has 5 aliphatic rings. The van der Waals surface area contributed by atoms with Gasteiger partial charge in [-0.3, -0.25) is 9.59 Å². The third-order valence-electron chi connectivity index (χ3n) is 6.43. The molecule has 2 amide bonds. The molecule has 122 valence electrons. The van der Waals surface area contributed by atoms with Gasteiger partial charge in [-0.25, -0.2) is 0 Å². The van der Waals surface area contributed by atoms with Gasteiger partial charge >= 0.3 is 0 Å². The van der Waals surface area contributed by atoms with E-state index < -0.39 is 12.0 Å². The first kappa shape index (κ1) is 14.5. The van der Waals surface area contributed by atoms with Gasteiger partial charge in [-0.05, 0) is 61.7 Å². The van der Waals surface area contributed by atoms with Gasteiger partial charge in [0, 0.05) is 13.0 Å². The van der Waals surface area contributed by atoms with Crippen molar-refractivity contribution in [3.63, 3.8) is 0 Å². The summed E-state index contributed by atoms with van der Waals surface area (Å²) in [6.45, 7) is 1.34. The number of nitrogens with two attached hydrogens (primary N) is 1. The second-order valence-electron chi connectivity index (χ2n) is 8.20. The lowest BCUT2D eigenvalue weighted by Crippen LogP contribution is -2.53. The van der Waals surface area contributed by atoms with Crippen LogP contribution in [0, 0.1) is 23.2 Å². The molecule has 5 heteroatoms. The molecule has 0 spiro atoms. The largest absolute Gasteiger partial charge is 0.367 e. The highest BCUT2D eigenvalue weighted by Gasteiger charge is 2.51. The van der Waals surface area contributed by atoms with Crippen LogP contribution in [0.15, 0.2) is 0 Å². The molecule has 2 N–H and O–H groups in total. The number of rotatable bonds is 3. The summed E-state index contributed by atoms with van der Waals surface area (Å²) >= 11 is 0. The summed E-state index contributed by atoms with van der Waals surface area (Å²) in [5, 5.41) is 0. The molecule has 4 aliphatic carbocycles. The number of carbonyl (C=O) groups excluding carboxylic acids is 2. The van der Waals surface area contributed by atoms with Gasteiger partial charge in [0.2, 0.25) is 11.8 Å². The maximum atomic E-state index is 12.8. The van der Waals surface area contributed by atoms with Gasteiger partial charge in [-0.15, -0.1) is 0 Å². The van der Waals surface area contributed by atoms with Crippen LogP contribution in [0.3, 0.4) is 0 Å². The van der Waals surface area contributed by atoms with Crippen LogP contribution in [0.25, 0.3) is 0 Å². The number of morpholine rings is 1. The van der Waals surface area contributed by atoms with Gasteiger partial charge in [0.05, 0.1) is 13.2 Å². The van der Waals surface area contributed by atoms with Crippen molar-refractivity contribution in [3.8, 4) is 0 Å². The van der Waals surface area contributed by atoms with E-state index >= 15 is 0 Å². The number of hydrogen-bond acceptors (Lipinski definition) is 3. The minimum Gasteiger partial charge on any atom is -0.367 e. The van der Waals surface area contributed by atoms with Crippen LogP contribution >= 0.6 is 0 Å². The average Bonchev–Trinajstić information content (AvgIpc) is 2.45. The molecule has 0 aromatic heterocycles. The molecule has 0 radical (unpaired) electrons. The first-order valence-corrected chi connectivity index (χ1v) is 8.72. The topological polar surface area (TPSA) is 72.6 Å². The van der Waals surface area contributed by atoms with Gasteiger partial charge in [0.1, 0.15) is 0 Å². The average molecular weight is 306 g/mol. The molecular weight excluding hydrogens is 280 g/mol. The summed E-state index contributed by atoms with van der Waals surface area (Å²) in [4.78, 5) is 25.9. The standard InChI is InChI=1S/C17H26N2O3/c18-16(21)14-10-19(1-2-22-14)15(20)9-17-6-11-3-12(7-17)5-13(4-11)8-17/h11-14H,1-10H2,(H2,18,21)/t11?,12?,13?,14-,17?/m1/s1. The van der Waals surface area contributed by atoms with Crippen molar-refractivity contribution < 1.29 is 14.3 Å². The highest BCUT2D eigenvalue weighted by atomic mass is 16.5. The monoisotopic (exact) mass is 306 g/mol. The maximum absolute atomic E-state index is 12.8. The van der Waals surface area contributed by atoms with Gasteiger partial charge in [0.15, 0.2) is 6.10 Å². The summed E-state index contributed by atoms with van der Waals surface area (Å²) in [5.74, 6) is 2.33. The van der Waals surface area contributed by atoms with Crippen molar-refractivity contribution in [2.75, 3.05) is 19.7 Å². The number of nitrogens with zero attached hydrogens (tertiary/aromatic N) is 1. The second-order valence-corrected chi connectivity index (χ2v) is 8.20. The zero-order chi connectivity index (χ0) is 15.3. The molecule has 4 saturated carbocycles. The Morgan fingerprint density at radius 2 is 1.68 bits per heavy atom. The van der Waals surface area contributed by atoms with Crippen molar-refractivity contribution in [2.24, 2.45) is 28.9 Å². The molecule has 1 atom stereocenters. The smallest absolute Gasteiger partial charge is 0.248 e. The lowest BCUT2D eigenvalue weighted by Gasteiger charge is -2.57. The van der Waals surface area contributed by atoms with E-state index in [9.17, 15) is 9.59 Å². The molecule has 0 aromatic carbocycles. The zero-order valence-corrected chi connectivity index (χ0v) is 13.1. The molecule has 1 saturated heterocycles. The van der Waals surface area contributed by atoms with Crippen molar-refractivity contribution >= 4 is 11.8 Å². The fraction of sp³-hybridized carbons (Fsp3) is 0.882. The van der Waals surface area contributed by atoms with Gasteiger partial charge in [-0.1, -0.05) is 0 Å². The molecule has 0 aromatic rings. The van der Waals surface area contributed by atoms with E-state index in [0.29, 0.717) is 26.1 Å². The third-order valence-corrected chi connectivity index (χ3v) is 6.43. The van der Waals surface area contributed by atoms with Crippen LogP contribution < -0.4 is 5.73 Å². The minimum absolute atomic E-state index is 0.205. The minimum atomic E-state index is -0.630. The van der Waals surface area contributed by atoms with Gasteiger partial charge in [0.25, 0.3) is 0 Å². The fourth-order valence-corrected chi connectivity index (χ4v) is 5.99. The van der Waals surface area contributed by atoms with E-state index in [4.69, 9.17) is 10.5 Å². The highest BCUT2D eigenvalue weighted by Crippen LogP contribution is 2.61. The highest BCUT2D eigenvalue weighted by molar-refractivity contribution is 5.82. The van der Waals surface area contributed by atoms with Crippen molar-refractivity contribution in [1.82, 2.24) is 4.90 Å². The number of primary amides is 1. The molecule has 5 fully saturated rings. The first-order valence-electron chi connectivity index (χ1n) is 8.72. The Labute approximate surface area is 131 Å². The molecule has 5 rings (SSSR count). The fourth-order valence-electron chi connectivity index (χ4n) is 5.99. The maximum Gasteiger partial charge on any atom is 0.248 e. The van der Waals surface area contributed by atoms with E-state index in [1.165, 1.54) is 38.5 Å². The summed E-state index contributed by atoms with van der Waals surface area (Å²) in [7, 11) is 0. The molecule has 1 aliphatic heterocycles. The number of hydrogen-bond donors (Lipinski definition) is 1. The Kier molecular flexibility index (Phi) is 3.44. The van der Waals surface area contributed by atoms with Crippen molar-refractivity contribution in [2.45, 2.75) is 51.0 Å². The predicted molar refractivity (Wildman–Crippen MR) is 80.7 cm³/mol. The van der Waals surface area contributed by atoms with Gasteiger partial charge in [-0.2, -0.15) is 0 Å². The Morgan fingerprint density at radius 3 is 2.23 bits per heavy atom. The number of carbonyl (C=O) groups is 2. The van der Waals surface area contributed by atoms with Crippen LogP contribution in [-0.2, 0) is 14.3 Å². The first-order chi connectivity index (χ1) is 10.5. The summed E-state index contributed by atoms with van der Waals surface area (Å²) in [5.41, 5.74) is 5.57. The molecule has 1 heterocycles. The zero-order valence-electron chi connectivity index (χ0n) is 13.1. The summed E-state index contributed by atoms with van der Waals surface area (Å²) in [6, 6.07) is 0. The van der Waals surface area contributed by atoms with Crippen molar-refractivity contribution in [1.29, 1.82) is 0 Å². The molecule has 0 unspecified atom stereocenters. The third kappa shape index (κ3) is 2.53. The Bertz CT molecular complexity index is 455. The SMILES string of the molecule is NC(=O)[C@H]1CN(C(=O)CC23CC4CC(CC(C4)C2)C3)CCO1. The van der Waals surface area contributed by atoms with E-state index in [0.717, 1.165) is 17.8 Å². The van der Waals surface area contributed by atoms with Crippen molar-refractivity contribution in [3.05, 3.63) is 0 Å². The van der Waals surface area contributed by atoms with Crippen LogP contribution in [0.2, 0.25) is 0 Å². The predicted octanol–water partition coefficient (Wildman–Crippen LogP) is 1.31. The van der Waals surface area contributed by atoms with E-state index in [-0.39, 0.29) is 11.3 Å². The van der Waals surface area contributed by atoms with Crippen LogP contribution in [0.1, 0.15) is 44.9 Å². The summed E-state index contributed by atoms with van der Waals surface area (Å²) < 4.78 is 5.35. The lowest BCUT2D eigenvalue weighted by molar-refractivity contribution is -0.150. The van der Waals surface area contributed by atoms with E-state index in [1.807, 2.05) is 0 Å². The van der Waals surface area contributed by atoms with Crippen LogP contribution in [0.5, 0.6) is 0 Å². The van der Waals surface area contributed by atoms with Gasteiger partial charge < -0.3 is 15.4 Å². The van der Waals surface area contributed by atoms with Crippen LogP contribution in [-0.4, -0.2) is 42.5 Å². The Morgan fingerprint density at radius 1 is 1.09 bits per heavy atom. The quantitative estimate of drug-likeness (QED) is 0.854. The lowest BCUT2D eigenvalue weighted by atomic mass is 9.49. The Hall–Kier alpha value is -1.10. The number of ether oxygens (including phenoxy) is 1. The summed E-state index contributed by atoms with van der Waals surface area (Å²) in [6.07, 6.45) is 7.96. The normalized spacial score (nSPS) is 43.4. The second kappa shape index (κ2) is 5.22.